The lowest BCUT2D eigenvalue weighted by atomic mass is 10.1. The maximum absolute atomic E-state index is 12.3. The minimum absolute atomic E-state index is 0.0672. The Labute approximate surface area is 123 Å². The van der Waals surface area contributed by atoms with E-state index >= 15 is 0 Å². The first-order valence-corrected chi connectivity index (χ1v) is 8.24. The van der Waals surface area contributed by atoms with E-state index < -0.39 is 21.3 Å². The molecule has 0 atom stereocenters. The lowest BCUT2D eigenvalue weighted by Crippen LogP contribution is -2.49. The van der Waals surface area contributed by atoms with Gasteiger partial charge in [-0.2, -0.15) is 0 Å². The summed E-state index contributed by atoms with van der Waals surface area (Å²) in [6, 6.07) is 5.04. The van der Waals surface area contributed by atoms with Gasteiger partial charge in [0.15, 0.2) is 5.69 Å². The van der Waals surface area contributed by atoms with Gasteiger partial charge in [0.05, 0.1) is 5.52 Å². The third-order valence-corrected chi connectivity index (χ3v) is 3.98. The third kappa shape index (κ3) is 3.06. The molecule has 0 fully saturated rings. The average Bonchev–Trinajstić information content (AvgIpc) is 2.77. The van der Waals surface area contributed by atoms with Crippen molar-refractivity contribution < 1.29 is 13.2 Å². The number of amides is 1. The summed E-state index contributed by atoms with van der Waals surface area (Å²) in [6.07, 6.45) is 2.61. The first-order valence-electron chi connectivity index (χ1n) is 6.35. The fourth-order valence-corrected chi connectivity index (χ4v) is 2.63. The molecule has 2 rings (SSSR count). The molecule has 0 radical (unpaired) electrons. The fraction of sp³-hybridized carbons (Fsp3) is 0.385. The van der Waals surface area contributed by atoms with Crippen LogP contribution in [0.15, 0.2) is 29.6 Å². The Morgan fingerprint density at radius 3 is 2.67 bits per heavy atom. The molecule has 0 saturated carbocycles. The zero-order valence-corrected chi connectivity index (χ0v) is 12.9. The van der Waals surface area contributed by atoms with E-state index in [0.717, 1.165) is 6.26 Å². The normalized spacial score (nSPS) is 12.6. The quantitative estimate of drug-likeness (QED) is 0.839. The molecule has 114 valence electrons. The summed E-state index contributed by atoms with van der Waals surface area (Å²) in [5.41, 5.74) is 5.48. The van der Waals surface area contributed by atoms with E-state index in [9.17, 15) is 13.2 Å². The van der Waals surface area contributed by atoms with Crippen molar-refractivity contribution in [1.82, 2.24) is 14.7 Å². The molecule has 0 saturated heterocycles. The van der Waals surface area contributed by atoms with Crippen LogP contribution < -0.4 is 11.1 Å². The highest BCUT2D eigenvalue weighted by Crippen LogP contribution is 2.17. The molecule has 1 amide bonds. The van der Waals surface area contributed by atoms with Crippen molar-refractivity contribution in [2.24, 2.45) is 5.73 Å². The Morgan fingerprint density at radius 2 is 2.10 bits per heavy atom. The molecule has 21 heavy (non-hydrogen) atoms. The van der Waals surface area contributed by atoms with Gasteiger partial charge < -0.3 is 11.1 Å². The van der Waals surface area contributed by atoms with Crippen LogP contribution in [-0.4, -0.2) is 42.0 Å². The zero-order chi connectivity index (χ0) is 15.8. The van der Waals surface area contributed by atoms with Gasteiger partial charge in [0.25, 0.3) is 5.91 Å². The Bertz CT molecular complexity index is 793. The largest absolute Gasteiger partial charge is 0.344 e. The Morgan fingerprint density at radius 1 is 1.43 bits per heavy atom. The van der Waals surface area contributed by atoms with Gasteiger partial charge in [0.1, 0.15) is 0 Å². The second-order valence-corrected chi connectivity index (χ2v) is 7.42. The van der Waals surface area contributed by atoms with Gasteiger partial charge in [0, 0.05) is 24.5 Å². The highest BCUT2D eigenvalue weighted by atomic mass is 32.2. The van der Waals surface area contributed by atoms with E-state index in [0.29, 0.717) is 5.52 Å². The Hall–Kier alpha value is -1.93. The molecule has 7 nitrogen and oxygen atoms in total. The average molecular weight is 310 g/mol. The van der Waals surface area contributed by atoms with Gasteiger partial charge >= 0.3 is 0 Å². The maximum Gasteiger partial charge on any atom is 0.272 e. The number of aromatic nitrogens is 2. The van der Waals surface area contributed by atoms with Crippen LogP contribution in [-0.2, 0) is 9.84 Å². The van der Waals surface area contributed by atoms with E-state index in [-0.39, 0.29) is 17.4 Å². The van der Waals surface area contributed by atoms with Crippen molar-refractivity contribution >= 4 is 21.3 Å². The summed E-state index contributed by atoms with van der Waals surface area (Å²) in [5.74, 6) is -0.455. The molecule has 2 aromatic rings. The van der Waals surface area contributed by atoms with Crippen molar-refractivity contribution in [3.63, 3.8) is 0 Å². The van der Waals surface area contributed by atoms with Gasteiger partial charge in [-0.15, -0.1) is 0 Å². The van der Waals surface area contributed by atoms with Crippen molar-refractivity contribution in [2.75, 3.05) is 12.8 Å². The molecule has 0 aliphatic heterocycles. The van der Waals surface area contributed by atoms with Crippen molar-refractivity contribution in [3.8, 4) is 0 Å². The fourth-order valence-electron chi connectivity index (χ4n) is 1.86. The molecule has 0 unspecified atom stereocenters. The van der Waals surface area contributed by atoms with Crippen LogP contribution in [0.5, 0.6) is 0 Å². The van der Waals surface area contributed by atoms with Gasteiger partial charge in [-0.05, 0) is 26.0 Å². The summed E-state index contributed by atoms with van der Waals surface area (Å²) in [5, 5.41) is 2.59. The number of fused-ring (bicyclic) bond motifs is 1. The standard InChI is InChI=1S/C13H18N4O3S/c1-13(2,8-14)16-11(18)10-9-6-4-5-7-17(9)12(15-10)21(3,19)20/h4-7H,8,14H2,1-3H3,(H,16,18). The molecule has 8 heteroatoms. The molecule has 0 aromatic carbocycles. The molecule has 0 bridgehead atoms. The number of hydrogen-bond donors (Lipinski definition) is 2. The lowest BCUT2D eigenvalue weighted by molar-refractivity contribution is 0.0912. The highest BCUT2D eigenvalue weighted by molar-refractivity contribution is 7.90. The molecule has 2 aromatic heterocycles. The summed E-state index contributed by atoms with van der Waals surface area (Å²) in [6.45, 7) is 3.81. The molecule has 0 aliphatic carbocycles. The monoisotopic (exact) mass is 310 g/mol. The molecule has 0 aliphatic rings. The van der Waals surface area contributed by atoms with Crippen LogP contribution >= 0.6 is 0 Å². The molecular weight excluding hydrogens is 292 g/mol. The SMILES string of the molecule is CC(C)(CN)NC(=O)c1nc(S(C)(=O)=O)n2ccccc12. The summed E-state index contributed by atoms with van der Waals surface area (Å²) in [7, 11) is -3.54. The van der Waals surface area contributed by atoms with Crippen LogP contribution in [0.25, 0.3) is 5.52 Å². The van der Waals surface area contributed by atoms with Crippen LogP contribution in [0.4, 0.5) is 0 Å². The number of carbonyl (C=O) groups is 1. The molecule has 3 N–H and O–H groups in total. The van der Waals surface area contributed by atoms with E-state index in [4.69, 9.17) is 5.73 Å². The number of nitrogens with zero attached hydrogens (tertiary/aromatic N) is 2. The molecule has 2 heterocycles. The van der Waals surface area contributed by atoms with Gasteiger partial charge in [-0.25, -0.2) is 13.4 Å². The number of carbonyl (C=O) groups excluding carboxylic acids is 1. The second kappa shape index (κ2) is 5.12. The number of imidazole rings is 1. The predicted octanol–water partition coefficient (Wildman–Crippen LogP) is 0.205. The number of nitrogens with two attached hydrogens (primary N) is 1. The zero-order valence-electron chi connectivity index (χ0n) is 12.1. The number of sulfone groups is 1. The minimum atomic E-state index is -3.54. The minimum Gasteiger partial charge on any atom is -0.344 e. The van der Waals surface area contributed by atoms with Crippen molar-refractivity contribution in [2.45, 2.75) is 24.5 Å². The van der Waals surface area contributed by atoms with Crippen LogP contribution in [0, 0.1) is 0 Å². The van der Waals surface area contributed by atoms with Gasteiger partial charge in [-0.1, -0.05) is 6.07 Å². The van der Waals surface area contributed by atoms with Crippen molar-refractivity contribution in [1.29, 1.82) is 0 Å². The molecular formula is C13H18N4O3S. The van der Waals surface area contributed by atoms with E-state index in [2.05, 4.69) is 10.3 Å². The molecule has 0 spiro atoms. The maximum atomic E-state index is 12.3. The first-order chi connectivity index (χ1) is 9.65. The second-order valence-electron chi connectivity index (χ2n) is 5.51. The van der Waals surface area contributed by atoms with Crippen molar-refractivity contribution in [3.05, 3.63) is 30.1 Å². The Kier molecular flexibility index (Phi) is 3.77. The first kappa shape index (κ1) is 15.5. The van der Waals surface area contributed by atoms with Crippen LogP contribution in [0.3, 0.4) is 0 Å². The van der Waals surface area contributed by atoms with Crippen LogP contribution in [0.1, 0.15) is 24.3 Å². The van der Waals surface area contributed by atoms with Gasteiger partial charge in [-0.3, -0.25) is 9.20 Å². The van der Waals surface area contributed by atoms with E-state index in [1.165, 1.54) is 4.40 Å². The number of hydrogen-bond acceptors (Lipinski definition) is 5. The number of pyridine rings is 1. The smallest absolute Gasteiger partial charge is 0.272 e. The topological polar surface area (TPSA) is 107 Å². The van der Waals surface area contributed by atoms with E-state index in [1.807, 2.05) is 0 Å². The lowest BCUT2D eigenvalue weighted by Gasteiger charge is -2.23. The van der Waals surface area contributed by atoms with E-state index in [1.54, 1.807) is 38.2 Å². The summed E-state index contributed by atoms with van der Waals surface area (Å²) >= 11 is 0. The number of nitrogens with one attached hydrogen (secondary N) is 1. The predicted molar refractivity (Wildman–Crippen MR) is 78.9 cm³/mol. The summed E-state index contributed by atoms with van der Waals surface area (Å²) in [4.78, 5) is 16.3. The van der Waals surface area contributed by atoms with Crippen LogP contribution in [0.2, 0.25) is 0 Å². The highest BCUT2D eigenvalue weighted by Gasteiger charge is 2.26. The Balaban J connectivity index is 2.58. The third-order valence-electron chi connectivity index (χ3n) is 3.02. The summed E-state index contributed by atoms with van der Waals surface area (Å²) < 4.78 is 25.0. The number of rotatable bonds is 4. The van der Waals surface area contributed by atoms with Gasteiger partial charge in [0.2, 0.25) is 15.0 Å².